The van der Waals surface area contributed by atoms with E-state index in [1.165, 1.54) is 38.5 Å². The third-order valence-electron chi connectivity index (χ3n) is 7.43. The van der Waals surface area contributed by atoms with E-state index in [-0.39, 0.29) is 5.69 Å². The molecular weight excluding hydrogens is 436 g/mol. The van der Waals surface area contributed by atoms with Crippen LogP contribution in [0.3, 0.4) is 0 Å². The van der Waals surface area contributed by atoms with Gasteiger partial charge < -0.3 is 5.11 Å². The van der Waals surface area contributed by atoms with E-state index < -0.39 is 5.97 Å². The van der Waals surface area contributed by atoms with Crippen LogP contribution in [-0.2, 0) is 19.5 Å². The summed E-state index contributed by atoms with van der Waals surface area (Å²) in [5.74, 6) is -0.175. The smallest absolute Gasteiger partial charge is 0.336 e. The molecule has 5 nitrogen and oxygen atoms in total. The standard InChI is InChI=1S/C30H38N2O3/c1-2-3-5-12-26-22-31(20-19-23-10-6-4-7-11-23)30(35)32(26)21-24-15-17-25(18-16-24)27-13-8-9-14-28(27)29(33)34/h8-9,13-18,22-23H,2-7,10-12,19-21H2,1H3,(H,33,34). The summed E-state index contributed by atoms with van der Waals surface area (Å²) in [5.41, 5.74) is 4.13. The number of benzene rings is 2. The van der Waals surface area contributed by atoms with Crippen LogP contribution in [0.4, 0.5) is 0 Å². The Hall–Kier alpha value is -3.08. The van der Waals surface area contributed by atoms with E-state index >= 15 is 0 Å². The Bertz CT molecular complexity index is 1170. The predicted molar refractivity (Wildman–Crippen MR) is 141 cm³/mol. The zero-order valence-electron chi connectivity index (χ0n) is 20.9. The van der Waals surface area contributed by atoms with Crippen molar-refractivity contribution in [3.05, 3.63) is 82.0 Å². The second-order valence-electron chi connectivity index (χ2n) is 9.98. The molecule has 1 heterocycles. The van der Waals surface area contributed by atoms with Gasteiger partial charge in [0.2, 0.25) is 0 Å². The van der Waals surface area contributed by atoms with Gasteiger partial charge in [-0.1, -0.05) is 94.3 Å². The van der Waals surface area contributed by atoms with Crippen LogP contribution in [0, 0.1) is 5.92 Å². The molecule has 2 aromatic carbocycles. The summed E-state index contributed by atoms with van der Waals surface area (Å²) in [6.07, 6.45) is 14.1. The molecule has 1 saturated carbocycles. The lowest BCUT2D eigenvalue weighted by atomic mass is 9.87. The van der Waals surface area contributed by atoms with Crippen molar-refractivity contribution < 1.29 is 9.90 Å². The fourth-order valence-electron chi connectivity index (χ4n) is 5.36. The number of aryl methyl sites for hydroxylation is 2. The zero-order chi connectivity index (χ0) is 24.6. The molecule has 5 heteroatoms. The zero-order valence-corrected chi connectivity index (χ0v) is 20.9. The Kier molecular flexibility index (Phi) is 8.62. The third kappa shape index (κ3) is 6.33. The summed E-state index contributed by atoms with van der Waals surface area (Å²) in [5, 5.41) is 9.51. The van der Waals surface area contributed by atoms with Crippen LogP contribution in [0.5, 0.6) is 0 Å². The normalized spacial score (nSPS) is 14.3. The van der Waals surface area contributed by atoms with Crippen LogP contribution >= 0.6 is 0 Å². The van der Waals surface area contributed by atoms with E-state index in [0.717, 1.165) is 55.0 Å². The van der Waals surface area contributed by atoms with Crippen LogP contribution < -0.4 is 5.69 Å². The summed E-state index contributed by atoms with van der Waals surface area (Å²) in [4.78, 5) is 25.0. The van der Waals surface area contributed by atoms with Crippen molar-refractivity contribution in [2.45, 2.75) is 84.2 Å². The van der Waals surface area contributed by atoms with Crippen LogP contribution in [-0.4, -0.2) is 20.2 Å². The lowest BCUT2D eigenvalue weighted by Gasteiger charge is -2.21. The highest BCUT2D eigenvalue weighted by Crippen LogP contribution is 2.27. The molecule has 0 spiro atoms. The molecule has 0 unspecified atom stereocenters. The van der Waals surface area contributed by atoms with Gasteiger partial charge in [0.1, 0.15) is 0 Å². The van der Waals surface area contributed by atoms with E-state index in [1.54, 1.807) is 12.1 Å². The number of aromatic nitrogens is 2. The average Bonchev–Trinajstić information content (AvgIpc) is 3.18. The van der Waals surface area contributed by atoms with Gasteiger partial charge in [0, 0.05) is 18.4 Å². The number of rotatable bonds is 11. The fraction of sp³-hybridized carbons (Fsp3) is 0.467. The molecule has 35 heavy (non-hydrogen) atoms. The molecule has 1 aromatic heterocycles. The van der Waals surface area contributed by atoms with Gasteiger partial charge in [0.15, 0.2) is 0 Å². The lowest BCUT2D eigenvalue weighted by molar-refractivity contribution is 0.0697. The quantitative estimate of drug-likeness (QED) is 0.312. The van der Waals surface area contributed by atoms with E-state index in [0.29, 0.717) is 17.7 Å². The highest BCUT2D eigenvalue weighted by atomic mass is 16.4. The molecule has 0 radical (unpaired) electrons. The van der Waals surface area contributed by atoms with Crippen molar-refractivity contribution in [1.29, 1.82) is 0 Å². The Morgan fingerprint density at radius 1 is 1.00 bits per heavy atom. The number of carboxylic acid groups (broad SMARTS) is 1. The molecule has 0 amide bonds. The molecule has 1 aliphatic carbocycles. The Morgan fingerprint density at radius 3 is 2.46 bits per heavy atom. The first-order chi connectivity index (χ1) is 17.1. The van der Waals surface area contributed by atoms with Crippen molar-refractivity contribution in [3.8, 4) is 11.1 Å². The molecule has 0 atom stereocenters. The molecule has 3 aromatic rings. The largest absolute Gasteiger partial charge is 0.478 e. The SMILES string of the molecule is CCCCCc1cn(CCC2CCCCC2)c(=O)n1Cc1ccc(-c2ccccc2C(=O)O)cc1. The van der Waals surface area contributed by atoms with E-state index in [1.807, 2.05) is 45.5 Å². The fourth-order valence-corrected chi connectivity index (χ4v) is 5.36. The van der Waals surface area contributed by atoms with E-state index in [2.05, 4.69) is 13.1 Å². The predicted octanol–water partition coefficient (Wildman–Crippen LogP) is 6.77. The van der Waals surface area contributed by atoms with Crippen LogP contribution in [0.25, 0.3) is 11.1 Å². The van der Waals surface area contributed by atoms with E-state index in [4.69, 9.17) is 0 Å². The maximum atomic E-state index is 13.4. The molecule has 1 N–H and O–H groups in total. The number of carbonyl (C=O) groups is 1. The summed E-state index contributed by atoms with van der Waals surface area (Å²) < 4.78 is 3.88. The van der Waals surface area contributed by atoms with Gasteiger partial charge in [-0.3, -0.25) is 9.13 Å². The van der Waals surface area contributed by atoms with Crippen molar-refractivity contribution in [2.75, 3.05) is 0 Å². The minimum atomic E-state index is -0.928. The first-order valence-electron chi connectivity index (χ1n) is 13.3. The molecule has 0 aliphatic heterocycles. The topological polar surface area (TPSA) is 64.2 Å². The minimum absolute atomic E-state index is 0.0904. The number of nitrogens with zero attached hydrogens (tertiary/aromatic N) is 2. The summed E-state index contributed by atoms with van der Waals surface area (Å²) in [6.45, 7) is 3.55. The maximum absolute atomic E-state index is 13.4. The molecule has 0 saturated heterocycles. The number of unbranched alkanes of at least 4 members (excludes halogenated alkanes) is 2. The van der Waals surface area contributed by atoms with Crippen LogP contribution in [0.1, 0.15) is 86.3 Å². The highest BCUT2D eigenvalue weighted by Gasteiger charge is 2.17. The molecule has 0 bridgehead atoms. The second-order valence-corrected chi connectivity index (χ2v) is 9.98. The van der Waals surface area contributed by atoms with E-state index in [9.17, 15) is 14.7 Å². The number of imidazole rings is 1. The first-order valence-corrected chi connectivity index (χ1v) is 13.3. The van der Waals surface area contributed by atoms with Gasteiger partial charge in [-0.15, -0.1) is 0 Å². The maximum Gasteiger partial charge on any atom is 0.336 e. The Balaban J connectivity index is 1.53. The number of hydrogen-bond acceptors (Lipinski definition) is 2. The van der Waals surface area contributed by atoms with Crippen molar-refractivity contribution in [2.24, 2.45) is 5.92 Å². The van der Waals surface area contributed by atoms with Crippen molar-refractivity contribution in [3.63, 3.8) is 0 Å². The van der Waals surface area contributed by atoms with Crippen LogP contribution in [0.15, 0.2) is 59.5 Å². The first kappa shape index (κ1) is 25.0. The Morgan fingerprint density at radius 2 is 1.74 bits per heavy atom. The summed E-state index contributed by atoms with van der Waals surface area (Å²) in [6, 6.07) is 15.0. The average molecular weight is 475 g/mol. The van der Waals surface area contributed by atoms with Crippen LogP contribution in [0.2, 0.25) is 0 Å². The van der Waals surface area contributed by atoms with Gasteiger partial charge in [-0.05, 0) is 47.9 Å². The third-order valence-corrected chi connectivity index (χ3v) is 7.43. The highest BCUT2D eigenvalue weighted by molar-refractivity contribution is 5.95. The molecule has 1 aliphatic rings. The lowest BCUT2D eigenvalue weighted by Crippen LogP contribution is -2.26. The molecular formula is C30H38N2O3. The molecule has 4 rings (SSSR count). The summed E-state index contributed by atoms with van der Waals surface area (Å²) in [7, 11) is 0. The monoisotopic (exact) mass is 474 g/mol. The van der Waals surface area contributed by atoms with Gasteiger partial charge in [-0.25, -0.2) is 9.59 Å². The Labute approximate surface area is 208 Å². The number of aromatic carboxylic acids is 1. The van der Waals surface area contributed by atoms with Gasteiger partial charge in [0.25, 0.3) is 0 Å². The minimum Gasteiger partial charge on any atom is -0.478 e. The number of carboxylic acids is 1. The van der Waals surface area contributed by atoms with Crippen molar-refractivity contribution in [1.82, 2.24) is 9.13 Å². The molecule has 1 fully saturated rings. The van der Waals surface area contributed by atoms with Crippen molar-refractivity contribution >= 4 is 5.97 Å². The van der Waals surface area contributed by atoms with Gasteiger partial charge in [0.05, 0.1) is 12.1 Å². The summed E-state index contributed by atoms with van der Waals surface area (Å²) >= 11 is 0. The second kappa shape index (κ2) is 12.1. The van der Waals surface area contributed by atoms with Gasteiger partial charge >= 0.3 is 11.7 Å². The van der Waals surface area contributed by atoms with Gasteiger partial charge in [-0.2, -0.15) is 0 Å². The number of hydrogen-bond donors (Lipinski definition) is 1. The molecule has 186 valence electrons.